The SMILES string of the molecule is COc1ccccc1C(=O)N1Cc2[nH]c3ccccc3c2CC1CO. The first-order valence-corrected chi connectivity index (χ1v) is 8.36. The molecule has 4 rings (SSSR count). The van der Waals surface area contributed by atoms with Gasteiger partial charge in [0.2, 0.25) is 0 Å². The summed E-state index contributed by atoms with van der Waals surface area (Å²) < 4.78 is 5.33. The summed E-state index contributed by atoms with van der Waals surface area (Å²) in [4.78, 5) is 18.2. The van der Waals surface area contributed by atoms with Gasteiger partial charge in [-0.05, 0) is 30.2 Å². The number of H-pyrrole nitrogens is 1. The third kappa shape index (κ3) is 2.57. The fourth-order valence-corrected chi connectivity index (χ4v) is 3.65. The lowest BCUT2D eigenvalue weighted by molar-refractivity contribution is 0.0538. The Morgan fingerprint density at radius 3 is 2.80 bits per heavy atom. The van der Waals surface area contributed by atoms with Gasteiger partial charge in [-0.15, -0.1) is 0 Å². The smallest absolute Gasteiger partial charge is 0.258 e. The minimum absolute atomic E-state index is 0.0696. The number of aliphatic hydroxyl groups excluding tert-OH is 1. The zero-order chi connectivity index (χ0) is 17.4. The molecule has 1 aliphatic rings. The molecule has 0 bridgehead atoms. The van der Waals surface area contributed by atoms with Crippen LogP contribution >= 0.6 is 0 Å². The van der Waals surface area contributed by atoms with Gasteiger partial charge in [0.25, 0.3) is 5.91 Å². The average molecular weight is 336 g/mol. The quantitative estimate of drug-likeness (QED) is 0.773. The van der Waals surface area contributed by atoms with Gasteiger partial charge in [-0.1, -0.05) is 30.3 Å². The molecule has 3 aromatic rings. The molecule has 5 heteroatoms. The van der Waals surface area contributed by atoms with Crippen molar-refractivity contribution >= 4 is 16.8 Å². The van der Waals surface area contributed by atoms with Crippen LogP contribution in [0.15, 0.2) is 48.5 Å². The highest BCUT2D eigenvalue weighted by Crippen LogP contribution is 2.32. The highest BCUT2D eigenvalue weighted by molar-refractivity contribution is 5.97. The second-order valence-electron chi connectivity index (χ2n) is 6.30. The van der Waals surface area contributed by atoms with Crippen LogP contribution < -0.4 is 4.74 Å². The van der Waals surface area contributed by atoms with Gasteiger partial charge < -0.3 is 19.7 Å². The van der Waals surface area contributed by atoms with Crippen LogP contribution in [0.1, 0.15) is 21.6 Å². The summed E-state index contributed by atoms with van der Waals surface area (Å²) in [5.74, 6) is 0.424. The monoisotopic (exact) mass is 336 g/mol. The van der Waals surface area contributed by atoms with Crippen LogP contribution in [0, 0.1) is 0 Å². The van der Waals surface area contributed by atoms with Crippen LogP contribution in [0.2, 0.25) is 0 Å². The summed E-state index contributed by atoms with van der Waals surface area (Å²) in [7, 11) is 1.56. The van der Waals surface area contributed by atoms with E-state index in [1.54, 1.807) is 24.1 Å². The van der Waals surface area contributed by atoms with Crippen molar-refractivity contribution in [2.75, 3.05) is 13.7 Å². The van der Waals surface area contributed by atoms with Crippen LogP contribution in [0.3, 0.4) is 0 Å². The van der Waals surface area contributed by atoms with Crippen molar-refractivity contribution in [3.05, 3.63) is 65.4 Å². The Bertz CT molecular complexity index is 932. The number of aromatic nitrogens is 1. The fourth-order valence-electron chi connectivity index (χ4n) is 3.65. The molecule has 25 heavy (non-hydrogen) atoms. The van der Waals surface area contributed by atoms with Crippen molar-refractivity contribution in [1.29, 1.82) is 0 Å². The molecule has 128 valence electrons. The second kappa shape index (κ2) is 6.26. The fraction of sp³-hybridized carbons (Fsp3) is 0.250. The first-order chi connectivity index (χ1) is 12.2. The lowest BCUT2D eigenvalue weighted by Crippen LogP contribution is -2.46. The van der Waals surface area contributed by atoms with Crippen LogP contribution in [-0.2, 0) is 13.0 Å². The summed E-state index contributed by atoms with van der Waals surface area (Å²) in [6.07, 6.45) is 0.636. The Morgan fingerprint density at radius 2 is 2.00 bits per heavy atom. The molecule has 0 saturated carbocycles. The van der Waals surface area contributed by atoms with Crippen molar-refractivity contribution in [2.24, 2.45) is 0 Å². The van der Waals surface area contributed by atoms with Crippen LogP contribution in [0.4, 0.5) is 0 Å². The standard InChI is InChI=1S/C20H20N2O3/c1-25-19-9-5-3-7-15(19)20(24)22-11-18-16(10-13(22)12-23)14-6-2-4-8-17(14)21-18/h2-9,13,21,23H,10-12H2,1H3. The van der Waals surface area contributed by atoms with E-state index in [2.05, 4.69) is 11.1 Å². The molecule has 2 aromatic carbocycles. The first-order valence-electron chi connectivity index (χ1n) is 8.36. The molecule has 1 aromatic heterocycles. The van der Waals surface area contributed by atoms with Gasteiger partial charge in [0.1, 0.15) is 5.75 Å². The normalized spacial score (nSPS) is 16.7. The van der Waals surface area contributed by atoms with Gasteiger partial charge >= 0.3 is 0 Å². The van der Waals surface area contributed by atoms with E-state index in [9.17, 15) is 9.90 Å². The largest absolute Gasteiger partial charge is 0.496 e. The number of para-hydroxylation sites is 2. The number of aromatic amines is 1. The molecule has 1 unspecified atom stereocenters. The van der Waals surface area contributed by atoms with E-state index in [1.165, 1.54) is 10.9 Å². The molecule has 1 atom stereocenters. The van der Waals surface area contributed by atoms with E-state index >= 15 is 0 Å². The predicted molar refractivity (Wildman–Crippen MR) is 95.7 cm³/mol. The summed E-state index contributed by atoms with van der Waals surface area (Å²) in [6, 6.07) is 15.1. The van der Waals surface area contributed by atoms with Gasteiger partial charge in [-0.3, -0.25) is 4.79 Å². The number of methoxy groups -OCH3 is 1. The Labute approximate surface area is 145 Å². The van der Waals surface area contributed by atoms with E-state index in [4.69, 9.17) is 4.74 Å². The third-order valence-electron chi connectivity index (χ3n) is 4.92. The maximum absolute atomic E-state index is 13.1. The number of rotatable bonds is 3. The molecule has 2 heterocycles. The van der Waals surface area contributed by atoms with E-state index < -0.39 is 0 Å². The minimum Gasteiger partial charge on any atom is -0.496 e. The number of amides is 1. The molecule has 2 N–H and O–H groups in total. The van der Waals surface area contributed by atoms with Crippen LogP contribution in [0.25, 0.3) is 10.9 Å². The molecule has 0 saturated heterocycles. The number of ether oxygens (including phenoxy) is 1. The molecule has 0 fully saturated rings. The lowest BCUT2D eigenvalue weighted by Gasteiger charge is -2.35. The molecular weight excluding hydrogens is 316 g/mol. The molecular formula is C20H20N2O3. The number of nitrogens with one attached hydrogen (secondary N) is 1. The lowest BCUT2D eigenvalue weighted by atomic mass is 9.96. The second-order valence-corrected chi connectivity index (χ2v) is 6.30. The number of hydrogen-bond acceptors (Lipinski definition) is 3. The Morgan fingerprint density at radius 1 is 1.24 bits per heavy atom. The zero-order valence-corrected chi connectivity index (χ0v) is 14.0. The van der Waals surface area contributed by atoms with Gasteiger partial charge in [-0.2, -0.15) is 0 Å². The highest BCUT2D eigenvalue weighted by atomic mass is 16.5. The summed E-state index contributed by atoms with van der Waals surface area (Å²) in [5.41, 5.74) is 3.81. The van der Waals surface area contributed by atoms with Gasteiger partial charge in [0, 0.05) is 16.6 Å². The molecule has 5 nitrogen and oxygen atoms in total. The molecule has 0 aliphatic carbocycles. The summed E-state index contributed by atoms with van der Waals surface area (Å²) >= 11 is 0. The molecule has 1 amide bonds. The topological polar surface area (TPSA) is 65.6 Å². The zero-order valence-electron chi connectivity index (χ0n) is 14.0. The van der Waals surface area contributed by atoms with Crippen molar-refractivity contribution in [1.82, 2.24) is 9.88 Å². The number of hydrogen-bond donors (Lipinski definition) is 2. The number of benzene rings is 2. The Hall–Kier alpha value is -2.79. The average Bonchev–Trinajstić information content (AvgIpc) is 3.03. The number of carbonyl (C=O) groups excluding carboxylic acids is 1. The Balaban J connectivity index is 1.74. The van der Waals surface area contributed by atoms with Crippen molar-refractivity contribution in [3.8, 4) is 5.75 Å². The maximum atomic E-state index is 13.1. The summed E-state index contributed by atoms with van der Waals surface area (Å²) in [5, 5.41) is 11.1. The van der Waals surface area contributed by atoms with Crippen molar-refractivity contribution in [3.63, 3.8) is 0 Å². The van der Waals surface area contributed by atoms with Gasteiger partial charge in [0.05, 0.1) is 31.9 Å². The van der Waals surface area contributed by atoms with E-state index in [-0.39, 0.29) is 18.6 Å². The minimum atomic E-state index is -0.246. The van der Waals surface area contributed by atoms with E-state index in [1.807, 2.05) is 30.3 Å². The first kappa shape index (κ1) is 15.7. The van der Waals surface area contributed by atoms with Gasteiger partial charge in [-0.25, -0.2) is 0 Å². The predicted octanol–water partition coefficient (Wildman–Crippen LogP) is 2.74. The number of nitrogens with zero attached hydrogens (tertiary/aromatic N) is 1. The summed E-state index contributed by atoms with van der Waals surface area (Å²) in [6.45, 7) is 0.381. The molecule has 0 radical (unpaired) electrons. The molecule has 1 aliphatic heterocycles. The van der Waals surface area contributed by atoms with Crippen LogP contribution in [-0.4, -0.2) is 40.7 Å². The molecule has 0 spiro atoms. The number of fused-ring (bicyclic) bond motifs is 3. The van der Waals surface area contributed by atoms with Crippen molar-refractivity contribution < 1.29 is 14.6 Å². The van der Waals surface area contributed by atoms with Crippen molar-refractivity contribution in [2.45, 2.75) is 19.0 Å². The number of carbonyl (C=O) groups is 1. The van der Waals surface area contributed by atoms with E-state index in [0.717, 1.165) is 11.2 Å². The van der Waals surface area contributed by atoms with Gasteiger partial charge in [0.15, 0.2) is 0 Å². The maximum Gasteiger partial charge on any atom is 0.258 e. The number of aliphatic hydroxyl groups is 1. The third-order valence-corrected chi connectivity index (χ3v) is 4.92. The Kier molecular flexibility index (Phi) is 3.93. The highest BCUT2D eigenvalue weighted by Gasteiger charge is 2.33. The van der Waals surface area contributed by atoms with Crippen LogP contribution in [0.5, 0.6) is 5.75 Å². The van der Waals surface area contributed by atoms with E-state index in [0.29, 0.717) is 24.3 Å².